The fourth-order valence-electron chi connectivity index (χ4n) is 1.52. The van der Waals surface area contributed by atoms with Crippen molar-refractivity contribution in [2.45, 2.75) is 19.3 Å². The molecule has 0 radical (unpaired) electrons. The van der Waals surface area contributed by atoms with Gasteiger partial charge in [0.1, 0.15) is 6.20 Å². The standard InChI is InChI=1S/C10H13N5O/c16-9-7-12-15-10(13-9)14-11-6-8-4-2-1-3-5-8/h1-2,6-8H,3-5H2,(H2,13,14,15,16)/t8-/m0/s1. The van der Waals surface area contributed by atoms with Crippen molar-refractivity contribution >= 4 is 12.2 Å². The van der Waals surface area contributed by atoms with Crippen LogP contribution >= 0.6 is 0 Å². The first-order chi connectivity index (χ1) is 7.84. The van der Waals surface area contributed by atoms with Crippen molar-refractivity contribution in [1.82, 2.24) is 15.2 Å². The van der Waals surface area contributed by atoms with Crippen molar-refractivity contribution in [2.24, 2.45) is 11.0 Å². The summed E-state index contributed by atoms with van der Waals surface area (Å²) in [6, 6.07) is 0. The van der Waals surface area contributed by atoms with Gasteiger partial charge in [-0.1, -0.05) is 12.2 Å². The molecule has 0 spiro atoms. The van der Waals surface area contributed by atoms with Gasteiger partial charge in [0.2, 0.25) is 5.95 Å². The van der Waals surface area contributed by atoms with E-state index in [0.717, 1.165) is 25.5 Å². The van der Waals surface area contributed by atoms with E-state index < -0.39 is 0 Å². The number of hydrogen-bond acceptors (Lipinski definition) is 5. The molecule has 1 heterocycles. The van der Waals surface area contributed by atoms with Crippen molar-refractivity contribution in [2.75, 3.05) is 5.43 Å². The SMILES string of the molecule is O=c1cnnc(NN=C[C@H]2CC=CCC2)[nH]1. The third-order valence-corrected chi connectivity index (χ3v) is 2.34. The van der Waals surface area contributed by atoms with Gasteiger partial charge in [-0.05, 0) is 25.2 Å². The molecular formula is C10H13N5O. The molecule has 0 aromatic carbocycles. The molecule has 1 atom stereocenters. The zero-order chi connectivity index (χ0) is 11.2. The van der Waals surface area contributed by atoms with Crippen LogP contribution in [0.3, 0.4) is 0 Å². The van der Waals surface area contributed by atoms with Crippen LogP contribution in [0.5, 0.6) is 0 Å². The third kappa shape index (κ3) is 3.01. The molecule has 0 unspecified atom stereocenters. The molecule has 2 N–H and O–H groups in total. The minimum atomic E-state index is -0.298. The highest BCUT2D eigenvalue weighted by molar-refractivity contribution is 5.62. The predicted molar refractivity (Wildman–Crippen MR) is 61.2 cm³/mol. The second-order valence-electron chi connectivity index (χ2n) is 3.62. The van der Waals surface area contributed by atoms with Crippen LogP contribution in [0.2, 0.25) is 0 Å². The van der Waals surface area contributed by atoms with E-state index in [2.05, 4.69) is 37.9 Å². The van der Waals surface area contributed by atoms with Crippen LogP contribution in [0, 0.1) is 5.92 Å². The lowest BCUT2D eigenvalue weighted by molar-refractivity contribution is 0.627. The average Bonchev–Trinajstić information content (AvgIpc) is 2.30. The molecule has 84 valence electrons. The Hall–Kier alpha value is -1.98. The molecule has 1 aliphatic carbocycles. The van der Waals surface area contributed by atoms with Gasteiger partial charge in [0.05, 0.1) is 0 Å². The Balaban J connectivity index is 1.89. The molecule has 1 aromatic heterocycles. The topological polar surface area (TPSA) is 83.0 Å². The molecule has 6 nitrogen and oxygen atoms in total. The van der Waals surface area contributed by atoms with Gasteiger partial charge in [0.25, 0.3) is 5.56 Å². The summed E-state index contributed by atoms with van der Waals surface area (Å²) in [5.41, 5.74) is 2.35. The normalized spacial score (nSPS) is 20.1. The minimum absolute atomic E-state index is 0.259. The Morgan fingerprint density at radius 2 is 2.50 bits per heavy atom. The van der Waals surface area contributed by atoms with Crippen LogP contribution in [0.15, 0.2) is 28.2 Å². The molecule has 6 heteroatoms. The number of anilines is 1. The van der Waals surface area contributed by atoms with E-state index in [-0.39, 0.29) is 11.5 Å². The molecule has 0 fully saturated rings. The smallest absolute Gasteiger partial charge is 0.271 e. The van der Waals surface area contributed by atoms with E-state index in [9.17, 15) is 4.79 Å². The van der Waals surface area contributed by atoms with E-state index >= 15 is 0 Å². The molecule has 0 aliphatic heterocycles. The summed E-state index contributed by atoms with van der Waals surface area (Å²) in [7, 11) is 0. The molecule has 0 saturated heterocycles. The van der Waals surface area contributed by atoms with Crippen molar-refractivity contribution < 1.29 is 0 Å². The van der Waals surface area contributed by atoms with Crippen molar-refractivity contribution in [3.05, 3.63) is 28.7 Å². The number of rotatable bonds is 3. The Labute approximate surface area is 92.5 Å². The number of aromatic nitrogens is 3. The minimum Gasteiger partial charge on any atom is -0.289 e. The van der Waals surface area contributed by atoms with Crippen LogP contribution in [-0.4, -0.2) is 21.4 Å². The Morgan fingerprint density at radius 3 is 3.25 bits per heavy atom. The maximum atomic E-state index is 10.9. The van der Waals surface area contributed by atoms with Gasteiger partial charge in [0.15, 0.2) is 0 Å². The molecular weight excluding hydrogens is 206 g/mol. The monoisotopic (exact) mass is 219 g/mol. The first-order valence-corrected chi connectivity index (χ1v) is 5.21. The molecule has 0 saturated carbocycles. The summed E-state index contributed by atoms with van der Waals surface area (Å²) in [5, 5.41) is 11.2. The van der Waals surface area contributed by atoms with E-state index in [4.69, 9.17) is 0 Å². The summed E-state index contributed by atoms with van der Waals surface area (Å²) in [4.78, 5) is 13.4. The van der Waals surface area contributed by atoms with Crippen molar-refractivity contribution in [1.29, 1.82) is 0 Å². The quantitative estimate of drug-likeness (QED) is 0.450. The van der Waals surface area contributed by atoms with Crippen LogP contribution in [-0.2, 0) is 0 Å². The van der Waals surface area contributed by atoms with Gasteiger partial charge in [-0.25, -0.2) is 5.43 Å². The van der Waals surface area contributed by atoms with Gasteiger partial charge in [0, 0.05) is 6.21 Å². The fourth-order valence-corrected chi connectivity index (χ4v) is 1.52. The van der Waals surface area contributed by atoms with Gasteiger partial charge in [-0.3, -0.25) is 9.78 Å². The highest BCUT2D eigenvalue weighted by Crippen LogP contribution is 2.15. The van der Waals surface area contributed by atoms with Crippen LogP contribution in [0.4, 0.5) is 5.95 Å². The number of nitrogens with zero attached hydrogens (tertiary/aromatic N) is 3. The number of allylic oxidation sites excluding steroid dienone is 2. The summed E-state index contributed by atoms with van der Waals surface area (Å²) in [6.07, 6.45) is 10.5. The lowest BCUT2D eigenvalue weighted by atomic mass is 9.96. The zero-order valence-electron chi connectivity index (χ0n) is 8.76. The molecule has 0 amide bonds. The highest BCUT2D eigenvalue weighted by Gasteiger charge is 2.06. The van der Waals surface area contributed by atoms with Crippen molar-refractivity contribution in [3.63, 3.8) is 0 Å². The van der Waals surface area contributed by atoms with Gasteiger partial charge in [-0.15, -0.1) is 10.2 Å². The third-order valence-electron chi connectivity index (χ3n) is 2.34. The lowest BCUT2D eigenvalue weighted by Gasteiger charge is -2.11. The number of H-pyrrole nitrogens is 1. The first kappa shape index (κ1) is 10.5. The Bertz CT molecular complexity index is 451. The highest BCUT2D eigenvalue weighted by atomic mass is 16.1. The molecule has 16 heavy (non-hydrogen) atoms. The van der Waals surface area contributed by atoms with E-state index in [1.807, 2.05) is 6.21 Å². The van der Waals surface area contributed by atoms with Crippen LogP contribution < -0.4 is 11.0 Å². The van der Waals surface area contributed by atoms with Gasteiger partial charge < -0.3 is 0 Å². The second-order valence-corrected chi connectivity index (χ2v) is 3.62. The second kappa shape index (κ2) is 5.20. The molecule has 2 rings (SSSR count). The maximum Gasteiger partial charge on any atom is 0.271 e. The predicted octanol–water partition coefficient (Wildman–Crippen LogP) is 0.919. The average molecular weight is 219 g/mol. The van der Waals surface area contributed by atoms with Crippen LogP contribution in [0.1, 0.15) is 19.3 Å². The first-order valence-electron chi connectivity index (χ1n) is 5.21. The summed E-state index contributed by atoms with van der Waals surface area (Å²) in [6.45, 7) is 0. The van der Waals surface area contributed by atoms with E-state index in [0.29, 0.717) is 5.92 Å². The molecule has 1 aliphatic rings. The van der Waals surface area contributed by atoms with E-state index in [1.54, 1.807) is 0 Å². The van der Waals surface area contributed by atoms with Gasteiger partial charge in [-0.2, -0.15) is 5.10 Å². The number of nitrogens with one attached hydrogen (secondary N) is 2. The zero-order valence-corrected chi connectivity index (χ0v) is 8.76. The van der Waals surface area contributed by atoms with Crippen molar-refractivity contribution in [3.8, 4) is 0 Å². The number of hydrazone groups is 1. The number of hydrogen-bond donors (Lipinski definition) is 2. The summed E-state index contributed by atoms with van der Waals surface area (Å²) in [5.74, 6) is 0.719. The fraction of sp³-hybridized carbons (Fsp3) is 0.400. The summed E-state index contributed by atoms with van der Waals surface area (Å²) >= 11 is 0. The van der Waals surface area contributed by atoms with Gasteiger partial charge >= 0.3 is 0 Å². The lowest BCUT2D eigenvalue weighted by Crippen LogP contribution is -2.11. The number of aromatic amines is 1. The molecule has 1 aromatic rings. The molecule has 0 bridgehead atoms. The largest absolute Gasteiger partial charge is 0.289 e. The van der Waals surface area contributed by atoms with E-state index in [1.165, 1.54) is 0 Å². The van der Waals surface area contributed by atoms with Crippen LogP contribution in [0.25, 0.3) is 0 Å². The summed E-state index contributed by atoms with van der Waals surface area (Å²) < 4.78 is 0. The Morgan fingerprint density at radius 1 is 1.56 bits per heavy atom. The Kier molecular flexibility index (Phi) is 3.42. The maximum absolute atomic E-state index is 10.9.